The summed E-state index contributed by atoms with van der Waals surface area (Å²) in [4.78, 5) is 26.9. The van der Waals surface area contributed by atoms with Crippen molar-refractivity contribution in [2.45, 2.75) is 13.3 Å². The molecule has 1 heterocycles. The van der Waals surface area contributed by atoms with Crippen LogP contribution in [0.15, 0.2) is 17.1 Å². The molecule has 0 fully saturated rings. The quantitative estimate of drug-likeness (QED) is 0.804. The lowest BCUT2D eigenvalue weighted by Gasteiger charge is -2.20. The van der Waals surface area contributed by atoms with Crippen LogP contribution in [0, 0.1) is 6.92 Å². The summed E-state index contributed by atoms with van der Waals surface area (Å²) in [7, 11) is 0. The molecule has 5 nitrogen and oxygen atoms in total. The van der Waals surface area contributed by atoms with Gasteiger partial charge in [0.05, 0.1) is 13.2 Å². The van der Waals surface area contributed by atoms with E-state index >= 15 is 0 Å². The molecule has 18 heavy (non-hydrogen) atoms. The first-order chi connectivity index (χ1) is 8.45. The summed E-state index contributed by atoms with van der Waals surface area (Å²) in [5, 5.41) is 8.73. The van der Waals surface area contributed by atoms with Gasteiger partial charge in [-0.2, -0.15) is 0 Å². The Morgan fingerprint density at radius 2 is 2.22 bits per heavy atom. The monoisotopic (exact) mass is 260 g/mol. The Balaban J connectivity index is 2.98. The maximum atomic E-state index is 12.3. The van der Waals surface area contributed by atoms with Gasteiger partial charge in [0.25, 0.3) is 12.3 Å². The number of pyridine rings is 1. The van der Waals surface area contributed by atoms with Crippen molar-refractivity contribution in [2.24, 2.45) is 0 Å². The Morgan fingerprint density at radius 3 is 2.72 bits per heavy atom. The van der Waals surface area contributed by atoms with Gasteiger partial charge in [-0.05, 0) is 6.92 Å². The third-order valence-corrected chi connectivity index (χ3v) is 2.30. The van der Waals surface area contributed by atoms with Crippen LogP contribution in [0.25, 0.3) is 0 Å². The average Bonchev–Trinajstić information content (AvgIpc) is 2.27. The molecule has 0 saturated carbocycles. The van der Waals surface area contributed by atoms with Crippen molar-refractivity contribution < 1.29 is 18.7 Å². The molecule has 1 aromatic rings. The summed E-state index contributed by atoms with van der Waals surface area (Å²) in [6.07, 6.45) is -1.53. The van der Waals surface area contributed by atoms with Gasteiger partial charge in [-0.15, -0.1) is 0 Å². The first-order valence-corrected chi connectivity index (χ1v) is 5.33. The third-order valence-electron chi connectivity index (χ3n) is 2.30. The van der Waals surface area contributed by atoms with Gasteiger partial charge in [-0.1, -0.05) is 0 Å². The van der Waals surface area contributed by atoms with Crippen LogP contribution in [0.1, 0.15) is 16.1 Å². The Kier molecular flexibility index (Phi) is 4.96. The van der Waals surface area contributed by atoms with E-state index in [1.54, 1.807) is 6.92 Å². The normalized spacial score (nSPS) is 10.7. The smallest absolute Gasteiger partial charge is 0.259 e. The second-order valence-electron chi connectivity index (χ2n) is 3.76. The number of nitrogens with one attached hydrogen (secondary N) is 1. The Labute approximate surface area is 102 Å². The lowest BCUT2D eigenvalue weighted by atomic mass is 10.2. The zero-order valence-corrected chi connectivity index (χ0v) is 9.82. The van der Waals surface area contributed by atoms with Crippen molar-refractivity contribution in [1.82, 2.24) is 9.88 Å². The minimum absolute atomic E-state index is 0.213. The number of carbonyl (C=O) groups excluding carboxylic acids is 1. The van der Waals surface area contributed by atoms with Crippen molar-refractivity contribution in [3.05, 3.63) is 33.7 Å². The molecule has 2 N–H and O–H groups in total. The SMILES string of the molecule is Cc1cc(=O)c(C(=O)N(CCO)CC(F)F)c[nH]1. The lowest BCUT2D eigenvalue weighted by Crippen LogP contribution is -2.39. The van der Waals surface area contributed by atoms with E-state index < -0.39 is 30.9 Å². The van der Waals surface area contributed by atoms with Crippen LogP contribution in [0.4, 0.5) is 8.78 Å². The largest absolute Gasteiger partial charge is 0.395 e. The van der Waals surface area contributed by atoms with Crippen LogP contribution >= 0.6 is 0 Å². The predicted octanol–water partition coefficient (Wildman–Crippen LogP) is 0.383. The molecule has 7 heteroatoms. The number of alkyl halides is 2. The molecule has 1 aromatic heterocycles. The number of halogens is 2. The van der Waals surface area contributed by atoms with Gasteiger partial charge in [0.15, 0.2) is 5.43 Å². The minimum atomic E-state index is -2.72. The van der Waals surface area contributed by atoms with Gasteiger partial charge in [0, 0.05) is 24.5 Å². The fraction of sp³-hybridized carbons (Fsp3) is 0.455. The molecule has 0 radical (unpaired) electrons. The second-order valence-corrected chi connectivity index (χ2v) is 3.76. The van der Waals surface area contributed by atoms with Crippen LogP contribution in [-0.2, 0) is 0 Å². The number of aromatic nitrogens is 1. The van der Waals surface area contributed by atoms with E-state index in [0.717, 1.165) is 4.90 Å². The summed E-state index contributed by atoms with van der Waals surface area (Å²) >= 11 is 0. The number of H-pyrrole nitrogens is 1. The molecule has 0 aliphatic carbocycles. The van der Waals surface area contributed by atoms with Gasteiger partial charge in [0.2, 0.25) is 0 Å². The third kappa shape index (κ3) is 3.63. The van der Waals surface area contributed by atoms with Crippen molar-refractivity contribution in [3.8, 4) is 0 Å². The first kappa shape index (κ1) is 14.3. The van der Waals surface area contributed by atoms with Gasteiger partial charge < -0.3 is 15.0 Å². The maximum absolute atomic E-state index is 12.3. The minimum Gasteiger partial charge on any atom is -0.395 e. The number of hydrogen-bond donors (Lipinski definition) is 2. The molecule has 0 saturated heterocycles. The second kappa shape index (κ2) is 6.25. The molecule has 0 spiro atoms. The molecular formula is C11H14F2N2O3. The Hall–Kier alpha value is -1.76. The van der Waals surface area contributed by atoms with Crippen molar-refractivity contribution in [3.63, 3.8) is 0 Å². The Bertz CT molecular complexity index is 474. The van der Waals surface area contributed by atoms with E-state index in [4.69, 9.17) is 5.11 Å². The molecule has 0 unspecified atom stereocenters. The summed E-state index contributed by atoms with van der Waals surface area (Å²) in [6.45, 7) is 0.145. The van der Waals surface area contributed by atoms with E-state index in [9.17, 15) is 18.4 Å². The summed E-state index contributed by atoms with van der Waals surface area (Å²) in [5.74, 6) is -0.814. The summed E-state index contributed by atoms with van der Waals surface area (Å²) in [5.41, 5.74) is -0.178. The van der Waals surface area contributed by atoms with Crippen LogP contribution in [0.5, 0.6) is 0 Å². The van der Waals surface area contributed by atoms with E-state index in [-0.39, 0.29) is 12.1 Å². The topological polar surface area (TPSA) is 73.4 Å². The zero-order chi connectivity index (χ0) is 13.7. The van der Waals surface area contributed by atoms with Gasteiger partial charge >= 0.3 is 0 Å². The summed E-state index contributed by atoms with van der Waals surface area (Å²) in [6, 6.07) is 1.22. The van der Waals surface area contributed by atoms with E-state index in [0.29, 0.717) is 5.69 Å². The number of nitrogens with zero attached hydrogens (tertiary/aromatic N) is 1. The van der Waals surface area contributed by atoms with E-state index in [2.05, 4.69) is 4.98 Å². The molecule has 0 bridgehead atoms. The lowest BCUT2D eigenvalue weighted by molar-refractivity contribution is 0.0508. The highest BCUT2D eigenvalue weighted by molar-refractivity contribution is 5.93. The van der Waals surface area contributed by atoms with Crippen LogP contribution < -0.4 is 5.43 Å². The molecule has 100 valence electrons. The van der Waals surface area contributed by atoms with Gasteiger partial charge in [-0.3, -0.25) is 9.59 Å². The fourth-order valence-electron chi connectivity index (χ4n) is 1.47. The van der Waals surface area contributed by atoms with E-state index in [1.165, 1.54) is 12.3 Å². The van der Waals surface area contributed by atoms with Crippen LogP contribution in [0.3, 0.4) is 0 Å². The van der Waals surface area contributed by atoms with Crippen LogP contribution in [-0.4, -0.2) is 47.0 Å². The highest BCUT2D eigenvalue weighted by Crippen LogP contribution is 2.04. The average molecular weight is 260 g/mol. The molecule has 0 atom stereocenters. The van der Waals surface area contributed by atoms with Gasteiger partial charge in [0.1, 0.15) is 5.56 Å². The highest BCUT2D eigenvalue weighted by Gasteiger charge is 2.21. The first-order valence-electron chi connectivity index (χ1n) is 5.33. The van der Waals surface area contributed by atoms with Crippen LogP contribution in [0.2, 0.25) is 0 Å². The zero-order valence-electron chi connectivity index (χ0n) is 9.82. The van der Waals surface area contributed by atoms with E-state index in [1.807, 2.05) is 0 Å². The number of aromatic amines is 1. The predicted molar refractivity (Wildman–Crippen MR) is 60.8 cm³/mol. The number of aryl methyl sites for hydroxylation is 1. The van der Waals surface area contributed by atoms with Gasteiger partial charge in [-0.25, -0.2) is 8.78 Å². The van der Waals surface area contributed by atoms with Crippen molar-refractivity contribution >= 4 is 5.91 Å². The van der Waals surface area contributed by atoms with Crippen molar-refractivity contribution in [2.75, 3.05) is 19.7 Å². The maximum Gasteiger partial charge on any atom is 0.259 e. The molecular weight excluding hydrogens is 246 g/mol. The standard InChI is InChI=1S/C11H14F2N2O3/c1-7-4-9(17)8(5-14-7)11(18)15(2-3-16)6-10(12)13/h4-5,10,16H,2-3,6H2,1H3,(H,14,17). The number of carbonyl (C=O) groups is 1. The fourth-order valence-corrected chi connectivity index (χ4v) is 1.47. The number of hydrogen-bond acceptors (Lipinski definition) is 3. The highest BCUT2D eigenvalue weighted by atomic mass is 19.3. The molecule has 1 rings (SSSR count). The molecule has 0 aromatic carbocycles. The molecule has 1 amide bonds. The summed E-state index contributed by atoms with van der Waals surface area (Å²) < 4.78 is 24.6. The number of amides is 1. The number of aliphatic hydroxyl groups excluding tert-OH is 1. The van der Waals surface area contributed by atoms with Crippen molar-refractivity contribution in [1.29, 1.82) is 0 Å². The molecule has 0 aliphatic rings. The molecule has 0 aliphatic heterocycles. The Morgan fingerprint density at radius 1 is 1.56 bits per heavy atom. The number of rotatable bonds is 5. The number of aliphatic hydroxyl groups is 1.